The lowest BCUT2D eigenvalue weighted by Gasteiger charge is -2.33. The Kier molecular flexibility index (Phi) is 6.69. The second-order valence-corrected chi connectivity index (χ2v) is 8.70. The Morgan fingerprint density at radius 3 is 2.55 bits per heavy atom. The van der Waals surface area contributed by atoms with Gasteiger partial charge in [-0.25, -0.2) is 9.37 Å². The monoisotopic (exact) mass is 444 g/mol. The zero-order chi connectivity index (χ0) is 21.8. The van der Waals surface area contributed by atoms with Crippen molar-refractivity contribution in [2.75, 3.05) is 38.0 Å². The van der Waals surface area contributed by atoms with Crippen LogP contribution in [0.4, 0.5) is 9.52 Å². The predicted molar refractivity (Wildman–Crippen MR) is 116 cm³/mol. The van der Waals surface area contributed by atoms with Crippen molar-refractivity contribution in [3.8, 4) is 11.3 Å². The normalized spacial score (nSPS) is 15.5. The van der Waals surface area contributed by atoms with Crippen LogP contribution in [0.5, 0.6) is 0 Å². The molecule has 1 fully saturated rings. The van der Waals surface area contributed by atoms with E-state index >= 15 is 0 Å². The Bertz CT molecular complexity index is 1010. The molecule has 31 heavy (non-hydrogen) atoms. The average Bonchev–Trinajstić information content (AvgIpc) is 3.40. The number of hydrogen-bond acceptors (Lipinski definition) is 8. The van der Waals surface area contributed by atoms with Crippen molar-refractivity contribution >= 4 is 22.4 Å². The molecule has 0 unspecified atom stereocenters. The third-order valence-corrected chi connectivity index (χ3v) is 5.84. The molecule has 3 heterocycles. The average molecular weight is 445 g/mol. The van der Waals surface area contributed by atoms with Crippen LogP contribution >= 0.6 is 11.3 Å². The molecule has 1 aliphatic heterocycles. The first-order valence-corrected chi connectivity index (χ1v) is 11.1. The second kappa shape index (κ2) is 9.63. The number of piperazine rings is 1. The molecule has 1 amide bonds. The molecule has 0 spiro atoms. The van der Waals surface area contributed by atoms with Crippen LogP contribution in [0, 0.1) is 5.82 Å². The molecule has 10 heteroatoms. The van der Waals surface area contributed by atoms with Crippen LogP contribution in [-0.2, 0) is 11.3 Å². The van der Waals surface area contributed by atoms with Crippen LogP contribution in [-0.4, -0.2) is 63.6 Å². The first kappa shape index (κ1) is 21.5. The zero-order valence-corrected chi connectivity index (χ0v) is 18.4. The van der Waals surface area contributed by atoms with E-state index in [-0.39, 0.29) is 17.6 Å². The molecule has 4 rings (SSSR count). The molecular formula is C21H25FN6O2S. The van der Waals surface area contributed by atoms with E-state index in [9.17, 15) is 9.18 Å². The minimum absolute atomic E-state index is 0.0908. The summed E-state index contributed by atoms with van der Waals surface area (Å²) in [5, 5.41) is 9.26. The molecule has 8 nitrogen and oxygen atoms in total. The van der Waals surface area contributed by atoms with Gasteiger partial charge in [-0.1, -0.05) is 19.0 Å². The highest BCUT2D eigenvalue weighted by Gasteiger charge is 2.21. The Labute approximate surface area is 184 Å². The molecule has 3 aromatic rings. The van der Waals surface area contributed by atoms with Crippen LogP contribution in [0.2, 0.25) is 0 Å². The minimum atomic E-state index is -0.287. The number of aromatic nitrogens is 3. The summed E-state index contributed by atoms with van der Waals surface area (Å²) in [7, 11) is 0. The summed E-state index contributed by atoms with van der Waals surface area (Å²) in [6, 6.07) is 6.14. The SMILES string of the molecule is CC(C)c1noc(CN2CCN(CC(=O)Nc3nc(-c4ccc(F)cc4)cs3)CC2)n1. The number of carbonyl (C=O) groups is 1. The first-order chi connectivity index (χ1) is 15.0. The van der Waals surface area contributed by atoms with Crippen LogP contribution in [0.25, 0.3) is 11.3 Å². The van der Waals surface area contributed by atoms with Gasteiger partial charge in [-0.3, -0.25) is 14.6 Å². The van der Waals surface area contributed by atoms with E-state index in [1.54, 1.807) is 12.1 Å². The molecule has 1 aromatic carbocycles. The van der Waals surface area contributed by atoms with Crippen molar-refractivity contribution in [1.29, 1.82) is 0 Å². The van der Waals surface area contributed by atoms with Crippen LogP contribution in [0.3, 0.4) is 0 Å². The van der Waals surface area contributed by atoms with Crippen LogP contribution < -0.4 is 5.32 Å². The maximum Gasteiger partial charge on any atom is 0.240 e. The lowest BCUT2D eigenvalue weighted by atomic mass is 10.2. The largest absolute Gasteiger partial charge is 0.338 e. The van der Waals surface area contributed by atoms with Crippen molar-refractivity contribution in [3.05, 3.63) is 47.2 Å². The fraction of sp³-hybridized carbons (Fsp3) is 0.429. The van der Waals surface area contributed by atoms with Gasteiger partial charge in [0.05, 0.1) is 18.8 Å². The van der Waals surface area contributed by atoms with Gasteiger partial charge in [-0.05, 0) is 24.3 Å². The molecule has 0 radical (unpaired) electrons. The molecule has 0 aliphatic carbocycles. The summed E-state index contributed by atoms with van der Waals surface area (Å²) in [5.74, 6) is 1.24. The Hall–Kier alpha value is -2.69. The predicted octanol–water partition coefficient (Wildman–Crippen LogP) is 3.21. The lowest BCUT2D eigenvalue weighted by molar-refractivity contribution is -0.117. The number of benzene rings is 1. The number of nitrogens with one attached hydrogen (secondary N) is 1. The van der Waals surface area contributed by atoms with E-state index in [1.807, 2.05) is 19.2 Å². The topological polar surface area (TPSA) is 87.4 Å². The standard InChI is InChI=1S/C21H25FN6O2S/c1-14(2)20-25-19(30-26-20)12-28-9-7-27(8-10-28)11-18(29)24-21-23-17(13-31-21)15-3-5-16(22)6-4-15/h3-6,13-14H,7-12H2,1-2H3,(H,23,24,29). The van der Waals surface area contributed by atoms with E-state index in [0.717, 1.165) is 43.3 Å². The van der Waals surface area contributed by atoms with Crippen LogP contribution in [0.15, 0.2) is 34.2 Å². The van der Waals surface area contributed by atoms with Gasteiger partial charge in [-0.15, -0.1) is 11.3 Å². The molecule has 2 aromatic heterocycles. The number of rotatable bonds is 7. The fourth-order valence-corrected chi connectivity index (χ4v) is 4.05. The molecular weight excluding hydrogens is 419 g/mol. The molecule has 1 saturated heterocycles. The van der Waals surface area contributed by atoms with Gasteiger partial charge in [0, 0.05) is 43.0 Å². The molecule has 0 saturated carbocycles. The van der Waals surface area contributed by atoms with Gasteiger partial charge in [0.2, 0.25) is 11.8 Å². The van der Waals surface area contributed by atoms with Crippen molar-refractivity contribution in [1.82, 2.24) is 24.9 Å². The summed E-state index contributed by atoms with van der Waals surface area (Å²) < 4.78 is 18.4. The highest BCUT2D eigenvalue weighted by molar-refractivity contribution is 7.14. The zero-order valence-electron chi connectivity index (χ0n) is 17.5. The molecule has 164 valence electrons. The number of hydrogen-bond donors (Lipinski definition) is 1. The van der Waals surface area contributed by atoms with E-state index in [4.69, 9.17) is 4.52 Å². The Balaban J connectivity index is 1.22. The van der Waals surface area contributed by atoms with Gasteiger partial charge in [0.25, 0.3) is 0 Å². The van der Waals surface area contributed by atoms with Crippen molar-refractivity contribution < 1.29 is 13.7 Å². The number of thiazole rings is 1. The van der Waals surface area contributed by atoms with Gasteiger partial charge in [0.15, 0.2) is 11.0 Å². The fourth-order valence-electron chi connectivity index (χ4n) is 3.31. The number of halogens is 1. The maximum absolute atomic E-state index is 13.1. The summed E-state index contributed by atoms with van der Waals surface area (Å²) >= 11 is 1.36. The van der Waals surface area contributed by atoms with Crippen molar-refractivity contribution in [2.24, 2.45) is 0 Å². The van der Waals surface area contributed by atoms with Crippen molar-refractivity contribution in [3.63, 3.8) is 0 Å². The van der Waals surface area contributed by atoms with E-state index in [1.165, 1.54) is 23.5 Å². The summed E-state index contributed by atoms with van der Waals surface area (Å²) in [6.07, 6.45) is 0. The molecule has 0 atom stereocenters. The van der Waals surface area contributed by atoms with Gasteiger partial charge in [-0.2, -0.15) is 4.98 Å². The second-order valence-electron chi connectivity index (χ2n) is 7.85. The number of carbonyl (C=O) groups excluding carboxylic acids is 1. The number of amides is 1. The summed E-state index contributed by atoms with van der Waals surface area (Å²) in [4.78, 5) is 25.7. The van der Waals surface area contributed by atoms with Gasteiger partial charge in [0.1, 0.15) is 5.82 Å². The van der Waals surface area contributed by atoms with Crippen molar-refractivity contribution in [2.45, 2.75) is 26.3 Å². The van der Waals surface area contributed by atoms with E-state index in [2.05, 4.69) is 30.2 Å². The van der Waals surface area contributed by atoms with Gasteiger partial charge < -0.3 is 9.84 Å². The summed E-state index contributed by atoms with van der Waals surface area (Å²) in [6.45, 7) is 8.26. The minimum Gasteiger partial charge on any atom is -0.338 e. The Morgan fingerprint density at radius 1 is 1.16 bits per heavy atom. The maximum atomic E-state index is 13.1. The highest BCUT2D eigenvalue weighted by Crippen LogP contribution is 2.25. The first-order valence-electron chi connectivity index (χ1n) is 10.2. The Morgan fingerprint density at radius 2 is 1.87 bits per heavy atom. The third kappa shape index (κ3) is 5.72. The molecule has 0 bridgehead atoms. The van der Waals surface area contributed by atoms with E-state index in [0.29, 0.717) is 24.1 Å². The highest BCUT2D eigenvalue weighted by atomic mass is 32.1. The summed E-state index contributed by atoms with van der Waals surface area (Å²) in [5.41, 5.74) is 1.53. The number of anilines is 1. The van der Waals surface area contributed by atoms with Gasteiger partial charge >= 0.3 is 0 Å². The molecule has 1 aliphatic rings. The third-order valence-electron chi connectivity index (χ3n) is 5.08. The van der Waals surface area contributed by atoms with E-state index < -0.39 is 0 Å². The van der Waals surface area contributed by atoms with Crippen LogP contribution in [0.1, 0.15) is 31.5 Å². The number of nitrogens with zero attached hydrogens (tertiary/aromatic N) is 5. The lowest BCUT2D eigenvalue weighted by Crippen LogP contribution is -2.48. The quantitative estimate of drug-likeness (QED) is 0.599. The smallest absolute Gasteiger partial charge is 0.240 e. The molecule has 1 N–H and O–H groups in total.